The third-order valence-corrected chi connectivity index (χ3v) is 2.90. The highest BCUT2D eigenvalue weighted by molar-refractivity contribution is 6.28. The fourth-order valence-corrected chi connectivity index (χ4v) is 2.03. The van der Waals surface area contributed by atoms with Crippen molar-refractivity contribution in [3.05, 3.63) is 29.5 Å². The minimum atomic E-state index is -0.181. The number of aromatic nitrogens is 2. The predicted molar refractivity (Wildman–Crippen MR) is 78.9 cm³/mol. The fraction of sp³-hybridized carbons (Fsp3) is 0.357. The molecule has 0 aliphatic rings. The molecule has 0 fully saturated rings. The van der Waals surface area contributed by atoms with Crippen molar-refractivity contribution >= 4 is 34.3 Å². The van der Waals surface area contributed by atoms with Crippen molar-refractivity contribution in [3.8, 4) is 0 Å². The summed E-state index contributed by atoms with van der Waals surface area (Å²) in [5.41, 5.74) is 0.792. The zero-order chi connectivity index (χ0) is 14.4. The molecule has 0 aliphatic carbocycles. The number of nitrogens with zero attached hydrogens (tertiary/aromatic N) is 2. The van der Waals surface area contributed by atoms with Crippen LogP contribution in [0.4, 0.5) is 5.82 Å². The van der Waals surface area contributed by atoms with Crippen molar-refractivity contribution < 1.29 is 9.53 Å². The molecule has 1 heterocycles. The molecule has 2 rings (SSSR count). The standard InChI is InChI=1S/C14H16ClN3O2/c1-2-20-12(19)8-5-9-16-13-10-6-3-4-7-11(10)17-14(15)18-13/h3-4,6-7H,2,5,8-9H2,1H3,(H,16,17,18). The summed E-state index contributed by atoms with van der Waals surface area (Å²) in [5, 5.41) is 4.30. The Morgan fingerprint density at radius 2 is 2.15 bits per heavy atom. The average Bonchev–Trinajstić information content (AvgIpc) is 2.43. The SMILES string of the molecule is CCOC(=O)CCCNc1nc(Cl)nc2ccccc12. The second-order valence-corrected chi connectivity index (χ2v) is 4.53. The number of benzene rings is 1. The van der Waals surface area contributed by atoms with E-state index >= 15 is 0 Å². The largest absolute Gasteiger partial charge is 0.466 e. The summed E-state index contributed by atoms with van der Waals surface area (Å²) in [6, 6.07) is 7.63. The molecular weight excluding hydrogens is 278 g/mol. The number of halogens is 1. The Labute approximate surface area is 122 Å². The summed E-state index contributed by atoms with van der Waals surface area (Å²) in [4.78, 5) is 19.6. The van der Waals surface area contributed by atoms with Gasteiger partial charge in [0, 0.05) is 18.4 Å². The Balaban J connectivity index is 1.98. The number of ether oxygens (including phenoxy) is 1. The normalized spacial score (nSPS) is 10.5. The van der Waals surface area contributed by atoms with Crippen LogP contribution in [0.5, 0.6) is 0 Å². The molecule has 5 nitrogen and oxygen atoms in total. The summed E-state index contributed by atoms with van der Waals surface area (Å²) in [7, 11) is 0. The van der Waals surface area contributed by atoms with E-state index in [2.05, 4.69) is 15.3 Å². The van der Waals surface area contributed by atoms with Crippen molar-refractivity contribution in [1.82, 2.24) is 9.97 Å². The minimum absolute atomic E-state index is 0.181. The lowest BCUT2D eigenvalue weighted by Crippen LogP contribution is -2.09. The number of anilines is 1. The summed E-state index contributed by atoms with van der Waals surface area (Å²) < 4.78 is 4.87. The number of nitrogens with one attached hydrogen (secondary N) is 1. The van der Waals surface area contributed by atoms with Crippen LogP contribution in [0, 0.1) is 0 Å². The summed E-state index contributed by atoms with van der Waals surface area (Å²) >= 11 is 5.89. The Kier molecular flexibility index (Phi) is 5.12. The molecule has 1 N–H and O–H groups in total. The van der Waals surface area contributed by atoms with E-state index in [0.29, 0.717) is 31.8 Å². The fourth-order valence-electron chi connectivity index (χ4n) is 1.86. The van der Waals surface area contributed by atoms with E-state index in [0.717, 1.165) is 10.9 Å². The lowest BCUT2D eigenvalue weighted by atomic mass is 10.2. The minimum Gasteiger partial charge on any atom is -0.466 e. The third-order valence-electron chi connectivity index (χ3n) is 2.73. The summed E-state index contributed by atoms with van der Waals surface area (Å²) in [5.74, 6) is 0.504. The molecule has 20 heavy (non-hydrogen) atoms. The van der Waals surface area contributed by atoms with Gasteiger partial charge in [-0.2, -0.15) is 0 Å². The van der Waals surface area contributed by atoms with Crippen LogP contribution in [0.1, 0.15) is 19.8 Å². The van der Waals surface area contributed by atoms with Crippen molar-refractivity contribution in [2.24, 2.45) is 0 Å². The first-order valence-corrected chi connectivity index (χ1v) is 6.90. The molecule has 6 heteroatoms. The second kappa shape index (κ2) is 7.05. The van der Waals surface area contributed by atoms with Gasteiger partial charge in [0.25, 0.3) is 0 Å². The Morgan fingerprint density at radius 3 is 2.95 bits per heavy atom. The van der Waals surface area contributed by atoms with Crippen LogP contribution < -0.4 is 5.32 Å². The van der Waals surface area contributed by atoms with Gasteiger partial charge in [0.15, 0.2) is 0 Å². The zero-order valence-electron chi connectivity index (χ0n) is 11.2. The molecule has 0 saturated carbocycles. The average molecular weight is 294 g/mol. The molecule has 0 bridgehead atoms. The summed E-state index contributed by atoms with van der Waals surface area (Å²) in [6.45, 7) is 2.83. The number of hydrogen-bond acceptors (Lipinski definition) is 5. The lowest BCUT2D eigenvalue weighted by Gasteiger charge is -2.08. The van der Waals surface area contributed by atoms with E-state index in [4.69, 9.17) is 16.3 Å². The van der Waals surface area contributed by atoms with Gasteiger partial charge in [-0.3, -0.25) is 4.79 Å². The van der Waals surface area contributed by atoms with E-state index < -0.39 is 0 Å². The van der Waals surface area contributed by atoms with E-state index in [1.165, 1.54) is 0 Å². The molecule has 0 spiro atoms. The maximum absolute atomic E-state index is 11.2. The van der Waals surface area contributed by atoms with Crippen LogP contribution in [0.15, 0.2) is 24.3 Å². The first-order chi connectivity index (χ1) is 9.70. The molecule has 106 valence electrons. The van der Waals surface area contributed by atoms with Crippen LogP contribution in [0.3, 0.4) is 0 Å². The maximum atomic E-state index is 11.2. The molecule has 1 aromatic heterocycles. The molecule has 0 atom stereocenters. The number of para-hydroxylation sites is 1. The highest BCUT2D eigenvalue weighted by Crippen LogP contribution is 2.21. The van der Waals surface area contributed by atoms with E-state index in [1.54, 1.807) is 6.92 Å². The van der Waals surface area contributed by atoms with E-state index in [9.17, 15) is 4.79 Å². The molecular formula is C14H16ClN3O2. The quantitative estimate of drug-likeness (QED) is 0.504. The summed E-state index contributed by atoms with van der Waals surface area (Å²) in [6.07, 6.45) is 1.06. The maximum Gasteiger partial charge on any atom is 0.305 e. The number of carbonyl (C=O) groups excluding carboxylic acids is 1. The van der Waals surface area contributed by atoms with Gasteiger partial charge < -0.3 is 10.1 Å². The Morgan fingerprint density at radius 1 is 1.35 bits per heavy atom. The van der Waals surface area contributed by atoms with Crippen LogP contribution in [-0.4, -0.2) is 29.1 Å². The number of carbonyl (C=O) groups is 1. The highest BCUT2D eigenvalue weighted by atomic mass is 35.5. The smallest absolute Gasteiger partial charge is 0.305 e. The number of esters is 1. The molecule has 0 radical (unpaired) electrons. The van der Waals surface area contributed by atoms with Gasteiger partial charge in [0.2, 0.25) is 5.28 Å². The van der Waals surface area contributed by atoms with Crippen LogP contribution in [0.2, 0.25) is 5.28 Å². The first-order valence-electron chi connectivity index (χ1n) is 6.52. The Bertz CT molecular complexity index is 604. The van der Waals surface area contributed by atoms with Gasteiger partial charge >= 0.3 is 5.97 Å². The van der Waals surface area contributed by atoms with Crippen molar-refractivity contribution in [3.63, 3.8) is 0 Å². The lowest BCUT2D eigenvalue weighted by molar-refractivity contribution is -0.143. The number of fused-ring (bicyclic) bond motifs is 1. The van der Waals surface area contributed by atoms with E-state index in [1.807, 2.05) is 24.3 Å². The molecule has 0 aliphatic heterocycles. The highest BCUT2D eigenvalue weighted by Gasteiger charge is 2.06. The molecule has 0 amide bonds. The predicted octanol–water partition coefficient (Wildman–Crippen LogP) is 3.04. The second-order valence-electron chi connectivity index (χ2n) is 4.19. The van der Waals surface area contributed by atoms with Crippen LogP contribution in [-0.2, 0) is 9.53 Å². The number of hydrogen-bond donors (Lipinski definition) is 1. The molecule has 0 saturated heterocycles. The first kappa shape index (κ1) is 14.5. The van der Waals surface area contributed by atoms with Gasteiger partial charge in [-0.15, -0.1) is 0 Å². The zero-order valence-corrected chi connectivity index (χ0v) is 12.0. The third kappa shape index (κ3) is 3.81. The Hall–Kier alpha value is -1.88. The monoisotopic (exact) mass is 293 g/mol. The molecule has 1 aromatic carbocycles. The van der Waals surface area contributed by atoms with Gasteiger partial charge in [-0.25, -0.2) is 9.97 Å². The van der Waals surface area contributed by atoms with Gasteiger partial charge in [0.05, 0.1) is 12.1 Å². The molecule has 0 unspecified atom stereocenters. The van der Waals surface area contributed by atoms with E-state index in [-0.39, 0.29) is 11.3 Å². The van der Waals surface area contributed by atoms with Crippen molar-refractivity contribution in [2.75, 3.05) is 18.5 Å². The van der Waals surface area contributed by atoms with Crippen molar-refractivity contribution in [2.45, 2.75) is 19.8 Å². The molecule has 2 aromatic rings. The van der Waals surface area contributed by atoms with Gasteiger partial charge in [0.1, 0.15) is 5.82 Å². The topological polar surface area (TPSA) is 64.1 Å². The van der Waals surface area contributed by atoms with Gasteiger partial charge in [-0.05, 0) is 37.1 Å². The number of rotatable bonds is 6. The van der Waals surface area contributed by atoms with Crippen LogP contribution >= 0.6 is 11.6 Å². The van der Waals surface area contributed by atoms with Gasteiger partial charge in [-0.1, -0.05) is 12.1 Å². The van der Waals surface area contributed by atoms with Crippen molar-refractivity contribution in [1.29, 1.82) is 0 Å². The van der Waals surface area contributed by atoms with Crippen LogP contribution in [0.25, 0.3) is 10.9 Å².